The van der Waals surface area contributed by atoms with E-state index in [9.17, 15) is 30.3 Å². The van der Waals surface area contributed by atoms with Crippen molar-refractivity contribution in [2.75, 3.05) is 13.4 Å². The van der Waals surface area contributed by atoms with Crippen LogP contribution < -0.4 is 14.2 Å². The summed E-state index contributed by atoms with van der Waals surface area (Å²) in [6.45, 7) is -0.578. The number of phenolic OH excluding ortho intramolecular Hbond substituents is 1. The van der Waals surface area contributed by atoms with E-state index >= 15 is 0 Å². The summed E-state index contributed by atoms with van der Waals surface area (Å²) in [4.78, 5) is 12.5. The number of benzene rings is 3. The van der Waals surface area contributed by atoms with Crippen LogP contribution in [0.25, 0.3) is 21.9 Å². The smallest absolute Gasteiger partial charge is 0.338 e. The van der Waals surface area contributed by atoms with Crippen LogP contribution in [0.2, 0.25) is 0 Å². The van der Waals surface area contributed by atoms with Crippen LogP contribution in [-0.4, -0.2) is 75.6 Å². The number of rotatable bonds is 4. The molecule has 36 heavy (non-hydrogen) atoms. The molecule has 188 valence electrons. The molecule has 0 unspecified atom stereocenters. The summed E-state index contributed by atoms with van der Waals surface area (Å²) in [7, 11) is 0. The Bertz CT molecular complexity index is 1370. The van der Waals surface area contributed by atoms with E-state index in [1.165, 1.54) is 6.07 Å². The summed E-state index contributed by atoms with van der Waals surface area (Å²) in [6, 6.07) is 9.82. The normalized spacial score (nSPS) is 26.7. The number of aliphatic hydroxyl groups is 4. The molecule has 6 rings (SSSR count). The molecule has 0 radical (unpaired) electrons. The van der Waals surface area contributed by atoms with Crippen LogP contribution in [0.5, 0.6) is 23.0 Å². The van der Waals surface area contributed by atoms with Crippen molar-refractivity contribution >= 4 is 16.7 Å². The molecular formula is C25H22O11. The Balaban J connectivity index is 1.55. The topological polar surface area (TPSA) is 164 Å². The molecule has 3 aliphatic heterocycles. The SMILES string of the molecule is O=C1OCc2c1cc1ccc(O)c(O[C@@H]3O[C@@H](CO)[C@@H](O)[C@@H](O)[C@@H]3O)c1c2-c1ccc2c(c1)OCO2. The fourth-order valence-electron chi connectivity index (χ4n) is 4.81. The monoisotopic (exact) mass is 498 g/mol. The third-order valence-corrected chi connectivity index (χ3v) is 6.66. The van der Waals surface area contributed by atoms with E-state index in [-0.39, 0.29) is 24.9 Å². The second-order valence-corrected chi connectivity index (χ2v) is 8.75. The Morgan fingerprint density at radius 3 is 2.56 bits per heavy atom. The molecule has 0 bridgehead atoms. The minimum absolute atomic E-state index is 0.0109. The molecule has 3 aromatic rings. The Labute approximate surface area is 203 Å². The molecule has 0 aliphatic carbocycles. The van der Waals surface area contributed by atoms with Crippen molar-refractivity contribution in [2.24, 2.45) is 0 Å². The molecule has 0 aromatic heterocycles. The van der Waals surface area contributed by atoms with Gasteiger partial charge in [-0.2, -0.15) is 0 Å². The molecular weight excluding hydrogens is 476 g/mol. The first-order chi connectivity index (χ1) is 17.4. The van der Waals surface area contributed by atoms with Crippen molar-refractivity contribution < 1.29 is 54.0 Å². The summed E-state index contributed by atoms with van der Waals surface area (Å²) in [5.41, 5.74) is 2.08. The molecule has 3 heterocycles. The van der Waals surface area contributed by atoms with E-state index in [1.54, 1.807) is 30.3 Å². The molecule has 1 saturated heterocycles. The van der Waals surface area contributed by atoms with E-state index in [2.05, 4.69) is 0 Å². The minimum Gasteiger partial charge on any atom is -0.504 e. The second-order valence-electron chi connectivity index (χ2n) is 8.75. The average molecular weight is 498 g/mol. The number of aromatic hydroxyl groups is 1. The van der Waals surface area contributed by atoms with Crippen LogP contribution in [0.4, 0.5) is 0 Å². The highest BCUT2D eigenvalue weighted by atomic mass is 16.7. The summed E-state index contributed by atoms with van der Waals surface area (Å²) < 4.78 is 27.6. The Morgan fingerprint density at radius 2 is 1.75 bits per heavy atom. The van der Waals surface area contributed by atoms with E-state index < -0.39 is 43.3 Å². The van der Waals surface area contributed by atoms with Gasteiger partial charge in [0.05, 0.1) is 12.2 Å². The van der Waals surface area contributed by atoms with Gasteiger partial charge in [-0.15, -0.1) is 0 Å². The summed E-state index contributed by atoms with van der Waals surface area (Å²) in [5, 5.41) is 52.1. The zero-order valence-corrected chi connectivity index (χ0v) is 18.7. The van der Waals surface area contributed by atoms with E-state index in [4.69, 9.17) is 23.7 Å². The predicted molar refractivity (Wildman–Crippen MR) is 121 cm³/mol. The highest BCUT2D eigenvalue weighted by Gasteiger charge is 2.45. The lowest BCUT2D eigenvalue weighted by molar-refractivity contribution is -0.277. The van der Waals surface area contributed by atoms with Gasteiger partial charge in [0, 0.05) is 16.5 Å². The standard InChI is InChI=1S/C25H22O11/c26-7-17-20(28)21(29)22(30)25(35-17)36-23-14(27)3-1-10-5-12-13(8-32-24(12)31)18(19(10)23)11-2-4-15-16(6-11)34-9-33-15/h1-6,17,20-22,25-30H,7-9H2/t17-,20+,21+,22-,25-/m0/s1. The highest BCUT2D eigenvalue weighted by Crippen LogP contribution is 2.48. The van der Waals surface area contributed by atoms with Crippen molar-refractivity contribution in [3.05, 3.63) is 47.5 Å². The van der Waals surface area contributed by atoms with Crippen LogP contribution in [-0.2, 0) is 16.1 Å². The molecule has 0 amide bonds. The Morgan fingerprint density at radius 1 is 0.944 bits per heavy atom. The highest BCUT2D eigenvalue weighted by molar-refractivity contribution is 6.10. The molecule has 0 spiro atoms. The number of fused-ring (bicyclic) bond motifs is 3. The van der Waals surface area contributed by atoms with Crippen molar-refractivity contribution in [3.8, 4) is 34.1 Å². The molecule has 11 nitrogen and oxygen atoms in total. The zero-order chi connectivity index (χ0) is 25.1. The van der Waals surface area contributed by atoms with Gasteiger partial charge in [-0.3, -0.25) is 0 Å². The number of aliphatic hydroxyl groups excluding tert-OH is 4. The van der Waals surface area contributed by atoms with Crippen LogP contribution in [0.1, 0.15) is 15.9 Å². The van der Waals surface area contributed by atoms with Crippen LogP contribution in [0.15, 0.2) is 36.4 Å². The summed E-state index contributed by atoms with van der Waals surface area (Å²) in [5.74, 6) is 0.181. The molecule has 1 fully saturated rings. The van der Waals surface area contributed by atoms with Crippen molar-refractivity contribution in [1.29, 1.82) is 0 Å². The summed E-state index contributed by atoms with van der Waals surface area (Å²) >= 11 is 0. The van der Waals surface area contributed by atoms with Crippen molar-refractivity contribution in [2.45, 2.75) is 37.3 Å². The number of carbonyl (C=O) groups excluding carboxylic acids is 1. The van der Waals surface area contributed by atoms with Crippen LogP contribution in [0.3, 0.4) is 0 Å². The van der Waals surface area contributed by atoms with Gasteiger partial charge in [-0.05, 0) is 35.2 Å². The molecule has 3 aliphatic rings. The zero-order valence-electron chi connectivity index (χ0n) is 18.7. The quantitative estimate of drug-likeness (QED) is 0.323. The number of phenols is 1. The van der Waals surface area contributed by atoms with Gasteiger partial charge >= 0.3 is 5.97 Å². The minimum atomic E-state index is -1.69. The predicted octanol–water partition coefficient (Wildman–Crippen LogP) is 0.790. The summed E-state index contributed by atoms with van der Waals surface area (Å²) in [6.07, 6.45) is -7.66. The number of ether oxygens (including phenoxy) is 5. The van der Waals surface area contributed by atoms with Gasteiger partial charge in [-0.25, -0.2) is 4.79 Å². The first-order valence-electron chi connectivity index (χ1n) is 11.2. The Kier molecular flexibility index (Phi) is 5.39. The van der Waals surface area contributed by atoms with E-state index in [0.717, 1.165) is 0 Å². The van der Waals surface area contributed by atoms with Gasteiger partial charge in [-0.1, -0.05) is 12.1 Å². The number of carbonyl (C=O) groups is 1. The fraction of sp³-hybridized carbons (Fsp3) is 0.320. The molecule has 11 heteroatoms. The molecule has 5 N–H and O–H groups in total. The van der Waals surface area contributed by atoms with E-state index in [0.29, 0.717) is 44.5 Å². The van der Waals surface area contributed by atoms with Crippen LogP contribution in [0, 0.1) is 0 Å². The van der Waals surface area contributed by atoms with Gasteiger partial charge in [0.15, 0.2) is 23.0 Å². The van der Waals surface area contributed by atoms with E-state index in [1.807, 2.05) is 0 Å². The lowest BCUT2D eigenvalue weighted by Crippen LogP contribution is -2.60. The number of cyclic esters (lactones) is 1. The van der Waals surface area contributed by atoms with Gasteiger partial charge < -0.3 is 49.2 Å². The van der Waals surface area contributed by atoms with Gasteiger partial charge in [0.1, 0.15) is 31.0 Å². The average Bonchev–Trinajstić information content (AvgIpc) is 3.50. The Hall–Kier alpha value is -3.61. The largest absolute Gasteiger partial charge is 0.504 e. The number of hydrogen-bond acceptors (Lipinski definition) is 11. The fourth-order valence-corrected chi connectivity index (χ4v) is 4.81. The second kappa shape index (κ2) is 8.50. The third kappa shape index (κ3) is 3.44. The van der Waals surface area contributed by atoms with Crippen molar-refractivity contribution in [3.63, 3.8) is 0 Å². The lowest BCUT2D eigenvalue weighted by Gasteiger charge is -2.39. The number of hydrogen-bond donors (Lipinski definition) is 5. The molecule has 5 atom stereocenters. The maximum absolute atomic E-state index is 12.5. The third-order valence-electron chi connectivity index (χ3n) is 6.66. The number of esters is 1. The van der Waals surface area contributed by atoms with Gasteiger partial charge in [0.2, 0.25) is 13.1 Å². The first kappa shape index (κ1) is 22.8. The molecule has 3 aromatic carbocycles. The first-order valence-corrected chi connectivity index (χ1v) is 11.2. The maximum atomic E-state index is 12.5. The van der Waals surface area contributed by atoms with Gasteiger partial charge in [0.25, 0.3) is 0 Å². The van der Waals surface area contributed by atoms with Crippen LogP contribution >= 0.6 is 0 Å². The maximum Gasteiger partial charge on any atom is 0.338 e. The molecule has 0 saturated carbocycles. The lowest BCUT2D eigenvalue weighted by atomic mass is 9.89. The van der Waals surface area contributed by atoms with Crippen molar-refractivity contribution in [1.82, 2.24) is 0 Å².